The molecule has 1 aliphatic heterocycles. The minimum Gasteiger partial charge on any atom is -0.339 e. The van der Waals surface area contributed by atoms with Crippen molar-refractivity contribution in [2.45, 2.75) is 41.9 Å². The van der Waals surface area contributed by atoms with Crippen LogP contribution in [0.1, 0.15) is 48.0 Å². The van der Waals surface area contributed by atoms with Crippen LogP contribution in [0.4, 0.5) is 0 Å². The van der Waals surface area contributed by atoms with E-state index < -0.39 is 10.0 Å². The fourth-order valence-corrected chi connectivity index (χ4v) is 5.23. The summed E-state index contributed by atoms with van der Waals surface area (Å²) in [7, 11) is -3.71. The lowest BCUT2D eigenvalue weighted by Gasteiger charge is -2.27. The lowest BCUT2D eigenvalue weighted by Crippen LogP contribution is -2.36. The monoisotopic (exact) mass is 432 g/mol. The second kappa shape index (κ2) is 9.78. The van der Waals surface area contributed by atoms with E-state index in [9.17, 15) is 13.2 Å². The van der Waals surface area contributed by atoms with Crippen molar-refractivity contribution < 1.29 is 13.2 Å². The van der Waals surface area contributed by atoms with E-state index in [1.807, 2.05) is 48.4 Å². The summed E-state index contributed by atoms with van der Waals surface area (Å²) in [6.45, 7) is 3.75. The van der Waals surface area contributed by atoms with Crippen molar-refractivity contribution in [3.8, 4) is 0 Å². The van der Waals surface area contributed by atoms with E-state index in [-0.39, 0.29) is 16.7 Å². The van der Waals surface area contributed by atoms with Gasteiger partial charge in [0.15, 0.2) is 0 Å². The number of piperidine rings is 1. The number of carbonyl (C=O) groups is 1. The van der Waals surface area contributed by atoms with Crippen LogP contribution in [0.5, 0.6) is 0 Å². The van der Waals surface area contributed by atoms with Gasteiger partial charge in [-0.15, -0.1) is 11.8 Å². The summed E-state index contributed by atoms with van der Waals surface area (Å²) in [5, 5.41) is 0. The Labute approximate surface area is 177 Å². The van der Waals surface area contributed by atoms with Crippen molar-refractivity contribution in [3.05, 3.63) is 59.7 Å². The normalized spacial score (nSPS) is 15.9. The highest BCUT2D eigenvalue weighted by Crippen LogP contribution is 2.26. The molecule has 2 aromatic rings. The molecule has 1 aliphatic rings. The van der Waals surface area contributed by atoms with E-state index in [0.717, 1.165) is 42.8 Å². The quantitative estimate of drug-likeness (QED) is 0.669. The van der Waals surface area contributed by atoms with Crippen molar-refractivity contribution in [3.63, 3.8) is 0 Å². The lowest BCUT2D eigenvalue weighted by atomic mass is 10.0. The minimum atomic E-state index is -3.71. The number of hydrogen-bond donors (Lipinski definition) is 1. The number of nitrogens with zero attached hydrogens (tertiary/aromatic N) is 1. The van der Waals surface area contributed by atoms with Crippen molar-refractivity contribution in [2.75, 3.05) is 25.9 Å². The fourth-order valence-electron chi connectivity index (χ4n) is 3.51. The van der Waals surface area contributed by atoms with Crippen LogP contribution in [0.2, 0.25) is 0 Å². The molecule has 1 N–H and O–H groups in total. The molecular formula is C22H28N2O3S2. The highest BCUT2D eigenvalue weighted by molar-refractivity contribution is 7.98. The molecular weight excluding hydrogens is 404 g/mol. The lowest BCUT2D eigenvalue weighted by molar-refractivity contribution is 0.0720. The van der Waals surface area contributed by atoms with Gasteiger partial charge in [-0.1, -0.05) is 37.3 Å². The zero-order chi connectivity index (χ0) is 20.9. The predicted octanol–water partition coefficient (Wildman–Crippen LogP) is 4.12. The van der Waals surface area contributed by atoms with Gasteiger partial charge in [0.05, 0.1) is 10.5 Å². The Morgan fingerprint density at radius 2 is 1.79 bits per heavy atom. The Morgan fingerprint density at radius 1 is 1.10 bits per heavy atom. The Kier molecular flexibility index (Phi) is 7.38. The average Bonchev–Trinajstić information content (AvgIpc) is 2.77. The Morgan fingerprint density at radius 3 is 2.45 bits per heavy atom. The molecule has 2 aromatic carbocycles. The molecule has 7 heteroatoms. The van der Waals surface area contributed by atoms with Gasteiger partial charge in [-0.25, -0.2) is 13.1 Å². The number of thioether (sulfide) groups is 1. The molecule has 0 aromatic heterocycles. The first-order valence-electron chi connectivity index (χ1n) is 9.94. The molecule has 0 bridgehead atoms. The van der Waals surface area contributed by atoms with E-state index in [4.69, 9.17) is 0 Å². The molecule has 156 valence electrons. The van der Waals surface area contributed by atoms with Crippen LogP contribution in [0.3, 0.4) is 0 Å². The maximum Gasteiger partial charge on any atom is 0.255 e. The van der Waals surface area contributed by atoms with E-state index in [1.165, 1.54) is 17.8 Å². The molecule has 0 aliphatic carbocycles. The number of rotatable bonds is 7. The van der Waals surface area contributed by atoms with Gasteiger partial charge in [0, 0.05) is 24.5 Å². The number of carbonyl (C=O) groups excluding carboxylic acids is 1. The molecule has 1 heterocycles. The summed E-state index contributed by atoms with van der Waals surface area (Å²) in [5.41, 5.74) is 1.55. The predicted molar refractivity (Wildman–Crippen MR) is 118 cm³/mol. The number of nitrogens with one attached hydrogen (secondary N) is 1. The van der Waals surface area contributed by atoms with Gasteiger partial charge in [0.2, 0.25) is 10.0 Å². The van der Waals surface area contributed by atoms with Gasteiger partial charge in [-0.3, -0.25) is 4.79 Å². The van der Waals surface area contributed by atoms with Crippen LogP contribution < -0.4 is 4.72 Å². The third-order valence-electron chi connectivity index (χ3n) is 5.30. The largest absolute Gasteiger partial charge is 0.339 e. The van der Waals surface area contributed by atoms with E-state index >= 15 is 0 Å². The Bertz CT molecular complexity index is 940. The molecule has 0 unspecified atom stereocenters. The molecule has 0 saturated carbocycles. The first kappa shape index (κ1) is 21.9. The number of sulfonamides is 1. The number of benzene rings is 2. The van der Waals surface area contributed by atoms with Crippen molar-refractivity contribution >= 4 is 27.7 Å². The summed E-state index contributed by atoms with van der Waals surface area (Å²) in [6.07, 6.45) is 5.03. The first-order valence-corrected chi connectivity index (χ1v) is 12.6. The van der Waals surface area contributed by atoms with E-state index in [1.54, 1.807) is 12.1 Å². The molecule has 29 heavy (non-hydrogen) atoms. The van der Waals surface area contributed by atoms with Crippen molar-refractivity contribution in [1.82, 2.24) is 9.62 Å². The summed E-state index contributed by atoms with van der Waals surface area (Å²) in [5.74, 6) is -0.0327. The van der Waals surface area contributed by atoms with Crippen molar-refractivity contribution in [1.29, 1.82) is 0 Å². The SMILES string of the molecule is CSc1ccc(S(=O)(=O)NC[C@H](C)c2ccccc2)cc1C(=O)N1CCCCC1. The highest BCUT2D eigenvalue weighted by Gasteiger charge is 2.24. The molecule has 1 fully saturated rings. The second-order valence-electron chi connectivity index (χ2n) is 7.38. The highest BCUT2D eigenvalue weighted by atomic mass is 32.2. The molecule has 5 nitrogen and oxygen atoms in total. The third-order valence-corrected chi connectivity index (χ3v) is 7.52. The number of likely N-dealkylation sites (tertiary alicyclic amines) is 1. The van der Waals surface area contributed by atoms with Gasteiger partial charge in [0.25, 0.3) is 5.91 Å². The average molecular weight is 433 g/mol. The van der Waals surface area contributed by atoms with Crippen LogP contribution in [0.15, 0.2) is 58.3 Å². The molecule has 3 rings (SSSR count). The van der Waals surface area contributed by atoms with Gasteiger partial charge in [0.1, 0.15) is 0 Å². The topological polar surface area (TPSA) is 66.5 Å². The maximum atomic E-state index is 13.0. The summed E-state index contributed by atoms with van der Waals surface area (Å²) >= 11 is 1.46. The van der Waals surface area contributed by atoms with Crippen molar-refractivity contribution in [2.24, 2.45) is 0 Å². The minimum absolute atomic E-state index is 0.0471. The smallest absolute Gasteiger partial charge is 0.255 e. The molecule has 1 amide bonds. The van der Waals surface area contributed by atoms with Crippen LogP contribution in [-0.2, 0) is 10.0 Å². The summed E-state index contributed by atoms with van der Waals surface area (Å²) in [6, 6.07) is 14.6. The number of hydrogen-bond acceptors (Lipinski definition) is 4. The zero-order valence-corrected chi connectivity index (χ0v) is 18.6. The molecule has 0 spiro atoms. The summed E-state index contributed by atoms with van der Waals surface area (Å²) in [4.78, 5) is 15.8. The van der Waals surface area contributed by atoms with Crippen LogP contribution in [-0.4, -0.2) is 45.1 Å². The van der Waals surface area contributed by atoms with Crippen LogP contribution >= 0.6 is 11.8 Å². The Balaban J connectivity index is 1.79. The van der Waals surface area contributed by atoms with E-state index in [0.29, 0.717) is 12.1 Å². The number of amides is 1. The molecule has 1 saturated heterocycles. The van der Waals surface area contributed by atoms with Crippen LogP contribution in [0, 0.1) is 0 Å². The van der Waals surface area contributed by atoms with Gasteiger partial charge in [-0.05, 0) is 55.2 Å². The zero-order valence-electron chi connectivity index (χ0n) is 16.9. The van der Waals surface area contributed by atoms with Crippen LogP contribution in [0.25, 0.3) is 0 Å². The standard InChI is InChI=1S/C22H28N2O3S2/c1-17(18-9-5-3-6-10-18)16-23-29(26,27)19-11-12-21(28-2)20(15-19)22(25)24-13-7-4-8-14-24/h3,5-6,9-12,15,17,23H,4,7-8,13-14,16H2,1-2H3/t17-/m0/s1. The van der Waals surface area contributed by atoms with Gasteiger partial charge < -0.3 is 4.90 Å². The fraction of sp³-hybridized carbons (Fsp3) is 0.409. The third kappa shape index (κ3) is 5.41. The van der Waals surface area contributed by atoms with Gasteiger partial charge >= 0.3 is 0 Å². The summed E-state index contributed by atoms with van der Waals surface area (Å²) < 4.78 is 28.4. The Hall–Kier alpha value is -1.83. The molecule has 0 radical (unpaired) electrons. The first-order chi connectivity index (χ1) is 13.9. The van der Waals surface area contributed by atoms with Gasteiger partial charge in [-0.2, -0.15) is 0 Å². The van der Waals surface area contributed by atoms with E-state index in [2.05, 4.69) is 4.72 Å². The maximum absolute atomic E-state index is 13.0. The molecule has 1 atom stereocenters. The second-order valence-corrected chi connectivity index (χ2v) is 9.99.